The fourth-order valence-corrected chi connectivity index (χ4v) is 2.53. The van der Waals surface area contributed by atoms with Gasteiger partial charge in [0.05, 0.1) is 0 Å². The van der Waals surface area contributed by atoms with Crippen molar-refractivity contribution in [3.05, 3.63) is 40.6 Å². The van der Waals surface area contributed by atoms with Crippen LogP contribution in [0.5, 0.6) is 0 Å². The molecule has 0 radical (unpaired) electrons. The van der Waals surface area contributed by atoms with Crippen LogP contribution < -0.4 is 10.2 Å². The summed E-state index contributed by atoms with van der Waals surface area (Å²) in [5.74, 6) is 1.68. The van der Waals surface area contributed by atoms with Crippen LogP contribution in [0.1, 0.15) is 18.9 Å². The maximum absolute atomic E-state index is 4.38. The Morgan fingerprint density at radius 3 is 2.80 bits per heavy atom. The molecule has 106 valence electrons. The second-order valence-electron chi connectivity index (χ2n) is 4.68. The lowest BCUT2D eigenvalue weighted by atomic mass is 10.2. The Bertz CT molecular complexity index is 586. The van der Waals surface area contributed by atoms with Gasteiger partial charge in [0, 0.05) is 19.3 Å². The standard InChI is InChI=1S/C15H19BrN4/c1-4-8-17-14-13(16)15(19-10-18-14)20(3)12-7-5-6-11(2)9-12/h5-7,9-10H,4,8H2,1-3H3,(H,17,18,19). The third kappa shape index (κ3) is 3.28. The molecular weight excluding hydrogens is 316 g/mol. The van der Waals surface area contributed by atoms with Crippen molar-refractivity contribution < 1.29 is 0 Å². The van der Waals surface area contributed by atoms with Crippen molar-refractivity contribution in [3.63, 3.8) is 0 Å². The highest BCUT2D eigenvalue weighted by atomic mass is 79.9. The molecule has 1 N–H and O–H groups in total. The first-order valence-electron chi connectivity index (χ1n) is 6.68. The molecule has 0 amide bonds. The first-order chi connectivity index (χ1) is 9.63. The molecule has 0 atom stereocenters. The van der Waals surface area contributed by atoms with E-state index < -0.39 is 0 Å². The molecule has 4 nitrogen and oxygen atoms in total. The third-order valence-electron chi connectivity index (χ3n) is 3.02. The summed E-state index contributed by atoms with van der Waals surface area (Å²) in [7, 11) is 2.01. The molecule has 0 aliphatic rings. The largest absolute Gasteiger partial charge is 0.369 e. The molecule has 0 unspecified atom stereocenters. The topological polar surface area (TPSA) is 41.1 Å². The first-order valence-corrected chi connectivity index (χ1v) is 7.47. The van der Waals surface area contributed by atoms with E-state index in [1.165, 1.54) is 5.56 Å². The normalized spacial score (nSPS) is 10.4. The summed E-state index contributed by atoms with van der Waals surface area (Å²) in [6.07, 6.45) is 2.64. The second-order valence-corrected chi connectivity index (χ2v) is 5.48. The molecule has 2 rings (SSSR count). The van der Waals surface area contributed by atoms with E-state index in [0.29, 0.717) is 0 Å². The first kappa shape index (κ1) is 14.8. The fraction of sp³-hybridized carbons (Fsp3) is 0.333. The zero-order chi connectivity index (χ0) is 14.5. The molecule has 0 fully saturated rings. The summed E-state index contributed by atoms with van der Waals surface area (Å²) in [6.45, 7) is 5.10. The van der Waals surface area contributed by atoms with Gasteiger partial charge in [0.1, 0.15) is 16.6 Å². The van der Waals surface area contributed by atoms with Gasteiger partial charge in [0.2, 0.25) is 0 Å². The van der Waals surface area contributed by atoms with Crippen LogP contribution in [0.2, 0.25) is 0 Å². The molecule has 1 aromatic carbocycles. The number of rotatable bonds is 5. The van der Waals surface area contributed by atoms with E-state index >= 15 is 0 Å². The molecule has 1 heterocycles. The number of halogens is 1. The molecule has 20 heavy (non-hydrogen) atoms. The van der Waals surface area contributed by atoms with Gasteiger partial charge in [0.25, 0.3) is 0 Å². The maximum atomic E-state index is 4.38. The SMILES string of the molecule is CCCNc1ncnc(N(C)c2cccc(C)c2)c1Br. The summed E-state index contributed by atoms with van der Waals surface area (Å²) in [6, 6.07) is 8.33. The van der Waals surface area contributed by atoms with Crippen molar-refractivity contribution in [2.75, 3.05) is 23.8 Å². The lowest BCUT2D eigenvalue weighted by molar-refractivity contribution is 0.958. The minimum atomic E-state index is 0.830. The highest BCUT2D eigenvalue weighted by molar-refractivity contribution is 9.10. The Labute approximate surface area is 128 Å². The number of anilines is 3. The molecule has 0 saturated carbocycles. The molecule has 0 aliphatic carbocycles. The molecule has 5 heteroatoms. The summed E-state index contributed by atoms with van der Waals surface area (Å²) >= 11 is 3.60. The van der Waals surface area contributed by atoms with Gasteiger partial charge in [-0.25, -0.2) is 9.97 Å². The van der Waals surface area contributed by atoms with Crippen LogP contribution in [0.25, 0.3) is 0 Å². The van der Waals surface area contributed by atoms with Gasteiger partial charge in [-0.15, -0.1) is 0 Å². The Balaban J connectivity index is 2.32. The van der Waals surface area contributed by atoms with Crippen LogP contribution in [0.4, 0.5) is 17.3 Å². The average Bonchev–Trinajstić information content (AvgIpc) is 2.45. The highest BCUT2D eigenvalue weighted by Gasteiger charge is 2.13. The van der Waals surface area contributed by atoms with Crippen molar-refractivity contribution in [1.29, 1.82) is 0 Å². The number of aryl methyl sites for hydroxylation is 1. The van der Waals surface area contributed by atoms with E-state index in [0.717, 1.165) is 34.8 Å². The van der Waals surface area contributed by atoms with Crippen molar-refractivity contribution in [1.82, 2.24) is 9.97 Å². The predicted octanol–water partition coefficient (Wildman–Crippen LogP) is 4.14. The molecule has 2 aromatic rings. The third-order valence-corrected chi connectivity index (χ3v) is 3.75. The minimum Gasteiger partial charge on any atom is -0.369 e. The number of benzene rings is 1. The van der Waals surface area contributed by atoms with E-state index in [1.807, 2.05) is 13.1 Å². The summed E-state index contributed by atoms with van der Waals surface area (Å²) < 4.78 is 0.887. The van der Waals surface area contributed by atoms with Crippen LogP contribution in [0.3, 0.4) is 0 Å². The Morgan fingerprint density at radius 2 is 2.10 bits per heavy atom. The van der Waals surface area contributed by atoms with Gasteiger partial charge < -0.3 is 10.2 Å². The summed E-state index contributed by atoms with van der Waals surface area (Å²) in [5.41, 5.74) is 2.33. The Hall–Kier alpha value is -1.62. The van der Waals surface area contributed by atoms with Crippen LogP contribution in [0, 0.1) is 6.92 Å². The summed E-state index contributed by atoms with van der Waals surface area (Å²) in [4.78, 5) is 10.7. The van der Waals surface area contributed by atoms with Crippen LogP contribution >= 0.6 is 15.9 Å². The van der Waals surface area contributed by atoms with Gasteiger partial charge in [-0.2, -0.15) is 0 Å². The number of nitrogens with one attached hydrogen (secondary N) is 1. The van der Waals surface area contributed by atoms with E-state index in [-0.39, 0.29) is 0 Å². The van der Waals surface area contributed by atoms with Gasteiger partial charge in [-0.1, -0.05) is 19.1 Å². The number of nitrogens with zero attached hydrogens (tertiary/aromatic N) is 3. The number of hydrogen-bond donors (Lipinski definition) is 1. The van der Waals surface area contributed by atoms with Crippen LogP contribution in [0.15, 0.2) is 35.1 Å². The van der Waals surface area contributed by atoms with Gasteiger partial charge >= 0.3 is 0 Å². The van der Waals surface area contributed by atoms with Crippen molar-refractivity contribution in [2.45, 2.75) is 20.3 Å². The van der Waals surface area contributed by atoms with Crippen LogP contribution in [-0.4, -0.2) is 23.6 Å². The molecular formula is C15H19BrN4. The van der Waals surface area contributed by atoms with Gasteiger partial charge in [-0.05, 0) is 47.0 Å². The molecule has 1 aromatic heterocycles. The molecule has 0 spiro atoms. The smallest absolute Gasteiger partial charge is 0.152 e. The zero-order valence-electron chi connectivity index (χ0n) is 12.0. The quantitative estimate of drug-likeness (QED) is 0.892. The van der Waals surface area contributed by atoms with Crippen LogP contribution in [-0.2, 0) is 0 Å². The number of hydrogen-bond acceptors (Lipinski definition) is 4. The molecule has 0 aliphatic heterocycles. The Morgan fingerprint density at radius 1 is 1.30 bits per heavy atom. The average molecular weight is 335 g/mol. The van der Waals surface area contributed by atoms with E-state index in [2.05, 4.69) is 68.2 Å². The van der Waals surface area contributed by atoms with E-state index in [1.54, 1.807) is 6.33 Å². The number of aromatic nitrogens is 2. The molecule has 0 bridgehead atoms. The zero-order valence-corrected chi connectivity index (χ0v) is 13.6. The van der Waals surface area contributed by atoms with Gasteiger partial charge in [-0.3, -0.25) is 0 Å². The second kappa shape index (κ2) is 6.70. The molecule has 0 saturated heterocycles. The van der Waals surface area contributed by atoms with Crippen molar-refractivity contribution in [2.24, 2.45) is 0 Å². The minimum absolute atomic E-state index is 0.830. The monoisotopic (exact) mass is 334 g/mol. The highest BCUT2D eigenvalue weighted by Crippen LogP contribution is 2.32. The van der Waals surface area contributed by atoms with E-state index in [9.17, 15) is 0 Å². The van der Waals surface area contributed by atoms with Gasteiger partial charge in [0.15, 0.2) is 5.82 Å². The van der Waals surface area contributed by atoms with Crippen molar-refractivity contribution in [3.8, 4) is 0 Å². The lowest BCUT2D eigenvalue weighted by Gasteiger charge is -2.21. The lowest BCUT2D eigenvalue weighted by Crippen LogP contribution is -2.14. The summed E-state index contributed by atoms with van der Waals surface area (Å²) in [5, 5.41) is 3.30. The van der Waals surface area contributed by atoms with Crippen molar-refractivity contribution >= 4 is 33.3 Å². The fourth-order valence-electron chi connectivity index (χ4n) is 1.92. The Kier molecular flexibility index (Phi) is 4.95. The predicted molar refractivity (Wildman–Crippen MR) is 87.8 cm³/mol. The maximum Gasteiger partial charge on any atom is 0.152 e. The van der Waals surface area contributed by atoms with E-state index in [4.69, 9.17) is 0 Å².